The molecule has 8 nitrogen and oxygen atoms in total. The normalized spacial score (nSPS) is 11.3. The van der Waals surface area contributed by atoms with Crippen LogP contribution < -0.4 is 4.31 Å². The van der Waals surface area contributed by atoms with E-state index < -0.39 is 27.5 Å². The van der Waals surface area contributed by atoms with Gasteiger partial charge in [0.1, 0.15) is 6.54 Å². The topological polar surface area (TPSA) is 107 Å². The molecule has 0 heterocycles. The van der Waals surface area contributed by atoms with E-state index in [0.717, 1.165) is 10.4 Å². The summed E-state index contributed by atoms with van der Waals surface area (Å²) in [6.07, 6.45) is 0. The summed E-state index contributed by atoms with van der Waals surface area (Å²) < 4.78 is 33.0. The molecule has 0 aliphatic carbocycles. The van der Waals surface area contributed by atoms with Crippen molar-refractivity contribution < 1.29 is 22.9 Å². The average molecular weight is 428 g/mol. The van der Waals surface area contributed by atoms with Crippen LogP contribution in [0, 0.1) is 17.0 Å². The Morgan fingerprint density at radius 2 is 1.80 bits per heavy atom. The molecule has 0 bridgehead atoms. The van der Waals surface area contributed by atoms with Crippen LogP contribution in [-0.2, 0) is 19.6 Å². The van der Waals surface area contributed by atoms with Crippen LogP contribution in [0.15, 0.2) is 65.6 Å². The van der Waals surface area contributed by atoms with Crippen molar-refractivity contribution in [1.82, 2.24) is 0 Å². The first kappa shape index (κ1) is 21.3. The lowest BCUT2D eigenvalue weighted by Crippen LogP contribution is -2.36. The lowest BCUT2D eigenvalue weighted by atomic mass is 10.1. The Morgan fingerprint density at radius 3 is 2.50 bits per heavy atom. The van der Waals surface area contributed by atoms with Crippen LogP contribution in [0.4, 0.5) is 11.4 Å². The van der Waals surface area contributed by atoms with Gasteiger partial charge in [0.05, 0.1) is 22.1 Å². The Balaban J connectivity index is 2.20. The Kier molecular flexibility index (Phi) is 6.02. The molecular formula is C21H20N2O6S. The largest absolute Gasteiger partial charge is 0.465 e. The molecule has 0 saturated carbocycles. The highest BCUT2D eigenvalue weighted by Gasteiger charge is 2.30. The summed E-state index contributed by atoms with van der Waals surface area (Å²) in [7, 11) is -4.24. The molecule has 3 rings (SSSR count). The van der Waals surface area contributed by atoms with Crippen molar-refractivity contribution in [2.45, 2.75) is 18.7 Å². The van der Waals surface area contributed by atoms with Gasteiger partial charge in [0.25, 0.3) is 15.7 Å². The van der Waals surface area contributed by atoms with Gasteiger partial charge < -0.3 is 4.74 Å². The van der Waals surface area contributed by atoms with Crippen molar-refractivity contribution in [2.75, 3.05) is 17.5 Å². The number of hydrogen-bond acceptors (Lipinski definition) is 6. The van der Waals surface area contributed by atoms with Gasteiger partial charge in [0.15, 0.2) is 0 Å². The number of aryl methyl sites for hydroxylation is 1. The lowest BCUT2D eigenvalue weighted by Gasteiger charge is -2.24. The molecule has 0 fully saturated rings. The highest BCUT2D eigenvalue weighted by molar-refractivity contribution is 7.93. The van der Waals surface area contributed by atoms with Crippen LogP contribution in [-0.4, -0.2) is 32.5 Å². The fourth-order valence-electron chi connectivity index (χ4n) is 3.13. The number of sulfonamides is 1. The fraction of sp³-hybridized carbons (Fsp3) is 0.190. The molecule has 0 N–H and O–H groups in total. The molecule has 0 aliphatic heterocycles. The van der Waals surface area contributed by atoms with Gasteiger partial charge in [-0.1, -0.05) is 42.5 Å². The third-order valence-corrected chi connectivity index (χ3v) is 6.41. The van der Waals surface area contributed by atoms with Gasteiger partial charge in [-0.05, 0) is 31.4 Å². The molecular weight excluding hydrogens is 408 g/mol. The van der Waals surface area contributed by atoms with Crippen molar-refractivity contribution in [2.24, 2.45) is 0 Å². The highest BCUT2D eigenvalue weighted by atomic mass is 32.2. The Morgan fingerprint density at radius 1 is 1.10 bits per heavy atom. The minimum atomic E-state index is -4.24. The number of carbonyl (C=O) groups excluding carboxylic acids is 1. The summed E-state index contributed by atoms with van der Waals surface area (Å²) in [5.74, 6) is -0.760. The highest BCUT2D eigenvalue weighted by Crippen LogP contribution is 2.32. The smallest absolute Gasteiger partial charge is 0.326 e. The van der Waals surface area contributed by atoms with E-state index >= 15 is 0 Å². The van der Waals surface area contributed by atoms with Crippen LogP contribution in [0.1, 0.15) is 12.5 Å². The van der Waals surface area contributed by atoms with Crippen LogP contribution in [0.2, 0.25) is 0 Å². The molecule has 0 aromatic heterocycles. The predicted octanol–water partition coefficient (Wildman–Crippen LogP) is 3.81. The Labute approximate surface area is 173 Å². The molecule has 0 radical (unpaired) electrons. The summed E-state index contributed by atoms with van der Waals surface area (Å²) in [5.41, 5.74) is 0.144. The number of esters is 1. The van der Waals surface area contributed by atoms with Crippen LogP contribution >= 0.6 is 0 Å². The van der Waals surface area contributed by atoms with Gasteiger partial charge in [-0.3, -0.25) is 19.2 Å². The van der Waals surface area contributed by atoms with Gasteiger partial charge in [-0.2, -0.15) is 0 Å². The minimum Gasteiger partial charge on any atom is -0.465 e. The van der Waals surface area contributed by atoms with Gasteiger partial charge in [-0.15, -0.1) is 0 Å². The number of benzene rings is 3. The van der Waals surface area contributed by atoms with Crippen molar-refractivity contribution in [3.63, 3.8) is 0 Å². The molecule has 0 spiro atoms. The van der Waals surface area contributed by atoms with Gasteiger partial charge in [-0.25, -0.2) is 8.42 Å². The third-order valence-electron chi connectivity index (χ3n) is 4.57. The van der Waals surface area contributed by atoms with Crippen molar-refractivity contribution in [3.8, 4) is 0 Å². The van der Waals surface area contributed by atoms with Gasteiger partial charge in [0, 0.05) is 17.0 Å². The first-order valence-corrected chi connectivity index (χ1v) is 10.6. The number of rotatable bonds is 7. The SMILES string of the molecule is CCOC(=O)CN(c1ccc(C)c([N+](=O)[O-])c1)S(=O)(=O)c1cccc2ccccc12. The predicted molar refractivity (Wildman–Crippen MR) is 113 cm³/mol. The Bertz CT molecular complexity index is 1220. The van der Waals surface area contributed by atoms with Crippen LogP contribution in [0.3, 0.4) is 0 Å². The zero-order valence-electron chi connectivity index (χ0n) is 16.4. The quantitative estimate of drug-likeness (QED) is 0.322. The van der Waals surface area contributed by atoms with Gasteiger partial charge >= 0.3 is 5.97 Å². The summed E-state index contributed by atoms with van der Waals surface area (Å²) in [6, 6.07) is 15.8. The number of carbonyl (C=O) groups is 1. The first-order valence-electron chi connectivity index (χ1n) is 9.17. The number of ether oxygens (including phenoxy) is 1. The van der Waals surface area contributed by atoms with Gasteiger partial charge in [0.2, 0.25) is 0 Å². The molecule has 0 aliphatic rings. The maximum Gasteiger partial charge on any atom is 0.326 e. The molecule has 0 amide bonds. The minimum absolute atomic E-state index is 0.00636. The number of anilines is 1. The van der Waals surface area contributed by atoms with E-state index in [4.69, 9.17) is 4.74 Å². The number of nitro benzene ring substituents is 1. The maximum atomic E-state index is 13.6. The molecule has 30 heavy (non-hydrogen) atoms. The van der Waals surface area contributed by atoms with E-state index in [9.17, 15) is 23.3 Å². The Hall–Kier alpha value is -3.46. The molecule has 3 aromatic carbocycles. The number of nitrogens with zero attached hydrogens (tertiary/aromatic N) is 2. The van der Waals surface area contributed by atoms with E-state index in [1.54, 1.807) is 50.2 Å². The average Bonchev–Trinajstić information content (AvgIpc) is 2.72. The summed E-state index contributed by atoms with van der Waals surface area (Å²) in [6.45, 7) is 2.63. The van der Waals surface area contributed by atoms with Crippen molar-refractivity contribution >= 4 is 38.1 Å². The summed E-state index contributed by atoms with van der Waals surface area (Å²) in [5, 5.41) is 12.6. The lowest BCUT2D eigenvalue weighted by molar-refractivity contribution is -0.385. The van der Waals surface area contributed by atoms with E-state index in [1.165, 1.54) is 18.2 Å². The molecule has 0 atom stereocenters. The van der Waals surface area contributed by atoms with E-state index in [2.05, 4.69) is 0 Å². The second kappa shape index (κ2) is 8.50. The second-order valence-electron chi connectivity index (χ2n) is 6.52. The van der Waals surface area contributed by atoms with E-state index in [1.807, 2.05) is 0 Å². The molecule has 156 valence electrons. The van der Waals surface area contributed by atoms with E-state index in [0.29, 0.717) is 16.3 Å². The second-order valence-corrected chi connectivity index (χ2v) is 8.35. The van der Waals surface area contributed by atoms with Crippen molar-refractivity contribution in [1.29, 1.82) is 0 Å². The zero-order valence-corrected chi connectivity index (χ0v) is 17.3. The fourth-order valence-corrected chi connectivity index (χ4v) is 4.75. The third kappa shape index (κ3) is 4.11. The number of nitro groups is 1. The summed E-state index contributed by atoms with van der Waals surface area (Å²) >= 11 is 0. The number of fused-ring (bicyclic) bond motifs is 1. The molecule has 0 saturated heterocycles. The van der Waals surface area contributed by atoms with Crippen LogP contribution in [0.25, 0.3) is 10.8 Å². The zero-order chi connectivity index (χ0) is 21.9. The number of hydrogen-bond donors (Lipinski definition) is 0. The van der Waals surface area contributed by atoms with Crippen molar-refractivity contribution in [3.05, 3.63) is 76.3 Å². The molecule has 9 heteroatoms. The van der Waals surface area contributed by atoms with E-state index in [-0.39, 0.29) is 22.9 Å². The standard InChI is InChI=1S/C21H20N2O6S/c1-3-29-21(24)14-22(17-12-11-15(2)19(13-17)23(25)26)30(27,28)20-10-6-8-16-7-4-5-9-18(16)20/h4-13H,3,14H2,1-2H3. The summed E-state index contributed by atoms with van der Waals surface area (Å²) in [4.78, 5) is 23.0. The molecule has 3 aromatic rings. The van der Waals surface area contributed by atoms with Crippen LogP contribution in [0.5, 0.6) is 0 Å². The monoisotopic (exact) mass is 428 g/mol. The first-order chi connectivity index (χ1) is 14.3. The maximum absolute atomic E-state index is 13.6. The molecule has 0 unspecified atom stereocenters.